The number of rotatable bonds is 3. The van der Waals surface area contributed by atoms with Gasteiger partial charge in [0.15, 0.2) is 0 Å². The van der Waals surface area contributed by atoms with Crippen LogP contribution in [0.15, 0.2) is 0 Å². The van der Waals surface area contributed by atoms with Gasteiger partial charge in [-0.1, -0.05) is 6.92 Å². The lowest BCUT2D eigenvalue weighted by atomic mass is 9.92. The summed E-state index contributed by atoms with van der Waals surface area (Å²) in [5.41, 5.74) is 0. The highest BCUT2D eigenvalue weighted by Crippen LogP contribution is 2.29. The average molecular weight is 304 g/mol. The van der Waals surface area contributed by atoms with E-state index in [1.54, 1.807) is 6.92 Å². The van der Waals surface area contributed by atoms with Crippen LogP contribution in [-0.2, 0) is 15.0 Å². The van der Waals surface area contributed by atoms with Gasteiger partial charge in [0, 0.05) is 25.7 Å². The normalized spacial score (nSPS) is 34.0. The van der Waals surface area contributed by atoms with Crippen LogP contribution in [0.25, 0.3) is 0 Å². The van der Waals surface area contributed by atoms with Gasteiger partial charge in [-0.25, -0.2) is 0 Å². The van der Waals surface area contributed by atoms with E-state index in [0.29, 0.717) is 38.4 Å². The third-order valence-electron chi connectivity index (χ3n) is 4.49. The molecular formula is C13H24N2O4S. The Kier molecular flexibility index (Phi) is 4.71. The number of carbonyl (C=O) groups is 1. The lowest BCUT2D eigenvalue weighted by Crippen LogP contribution is -2.55. The van der Waals surface area contributed by atoms with Crippen LogP contribution in [0.2, 0.25) is 0 Å². The molecule has 2 heterocycles. The van der Waals surface area contributed by atoms with Crippen LogP contribution in [0.4, 0.5) is 0 Å². The minimum absolute atomic E-state index is 0.369. The summed E-state index contributed by atoms with van der Waals surface area (Å²) in [6.07, 6.45) is 3.10. The van der Waals surface area contributed by atoms with E-state index in [4.69, 9.17) is 0 Å². The topological polar surface area (TPSA) is 77.9 Å². The molecule has 0 radical (unpaired) electrons. The van der Waals surface area contributed by atoms with E-state index in [9.17, 15) is 18.3 Å². The zero-order chi connectivity index (χ0) is 14.9. The van der Waals surface area contributed by atoms with Crippen molar-refractivity contribution in [3.05, 3.63) is 0 Å². The number of hydrogen-bond acceptors (Lipinski definition) is 3. The highest BCUT2D eigenvalue weighted by molar-refractivity contribution is 7.86. The first-order valence-electron chi connectivity index (χ1n) is 7.33. The monoisotopic (exact) mass is 304 g/mol. The van der Waals surface area contributed by atoms with Crippen molar-refractivity contribution in [1.82, 2.24) is 8.61 Å². The molecule has 2 saturated heterocycles. The van der Waals surface area contributed by atoms with Crippen LogP contribution >= 0.6 is 0 Å². The Morgan fingerprint density at radius 3 is 2.40 bits per heavy atom. The first-order chi connectivity index (χ1) is 9.34. The number of piperidine rings is 2. The Bertz CT molecular complexity index is 465. The largest absolute Gasteiger partial charge is 0.481 e. The average Bonchev–Trinajstić information content (AvgIpc) is 2.38. The summed E-state index contributed by atoms with van der Waals surface area (Å²) in [7, 11) is -3.53. The maximum absolute atomic E-state index is 12.7. The van der Waals surface area contributed by atoms with Crippen LogP contribution in [0.1, 0.15) is 39.5 Å². The first-order valence-corrected chi connectivity index (χ1v) is 8.73. The highest BCUT2D eigenvalue weighted by Gasteiger charge is 2.42. The Balaban J connectivity index is 2.17. The molecular weight excluding hydrogens is 280 g/mol. The summed E-state index contributed by atoms with van der Waals surface area (Å²) in [4.78, 5) is 11.2. The molecule has 0 saturated carbocycles. The van der Waals surface area contributed by atoms with Crippen molar-refractivity contribution in [2.75, 3.05) is 19.6 Å². The van der Waals surface area contributed by atoms with Gasteiger partial charge < -0.3 is 5.11 Å². The van der Waals surface area contributed by atoms with E-state index in [0.717, 1.165) is 12.8 Å². The van der Waals surface area contributed by atoms with Gasteiger partial charge in [0.05, 0.1) is 5.92 Å². The fourth-order valence-corrected chi connectivity index (χ4v) is 5.30. The van der Waals surface area contributed by atoms with Crippen molar-refractivity contribution < 1.29 is 18.3 Å². The van der Waals surface area contributed by atoms with Crippen molar-refractivity contribution >= 4 is 16.2 Å². The zero-order valence-corrected chi connectivity index (χ0v) is 13.0. The summed E-state index contributed by atoms with van der Waals surface area (Å²) in [6, 6.07) is -0.469. The zero-order valence-electron chi connectivity index (χ0n) is 12.2. The Morgan fingerprint density at radius 2 is 1.80 bits per heavy atom. The van der Waals surface area contributed by atoms with Crippen molar-refractivity contribution in [2.45, 2.75) is 45.6 Å². The SMILES string of the molecule is CC1CCCN(S(=O)(=O)N2CCC[C@H](C(=O)O)[C@@H]2C)C1. The summed E-state index contributed by atoms with van der Waals surface area (Å²) >= 11 is 0. The number of aliphatic carboxylic acids is 1. The van der Waals surface area contributed by atoms with Gasteiger partial charge in [-0.15, -0.1) is 0 Å². The molecule has 7 heteroatoms. The fourth-order valence-electron chi connectivity index (χ4n) is 3.27. The lowest BCUT2D eigenvalue weighted by Gasteiger charge is -2.41. The van der Waals surface area contributed by atoms with Crippen LogP contribution in [0, 0.1) is 11.8 Å². The van der Waals surface area contributed by atoms with Gasteiger partial charge in [-0.05, 0) is 38.5 Å². The van der Waals surface area contributed by atoms with E-state index >= 15 is 0 Å². The van der Waals surface area contributed by atoms with Crippen LogP contribution in [-0.4, -0.2) is 53.8 Å². The van der Waals surface area contributed by atoms with E-state index in [1.807, 2.05) is 0 Å². The van der Waals surface area contributed by atoms with Crippen molar-refractivity contribution in [1.29, 1.82) is 0 Å². The fraction of sp³-hybridized carbons (Fsp3) is 0.923. The van der Waals surface area contributed by atoms with Crippen molar-refractivity contribution in [2.24, 2.45) is 11.8 Å². The quantitative estimate of drug-likeness (QED) is 0.848. The molecule has 20 heavy (non-hydrogen) atoms. The molecule has 2 aliphatic heterocycles. The molecule has 2 rings (SSSR count). The maximum Gasteiger partial charge on any atom is 0.308 e. The number of carboxylic acids is 1. The first kappa shape index (κ1) is 15.7. The minimum atomic E-state index is -3.53. The summed E-state index contributed by atoms with van der Waals surface area (Å²) < 4.78 is 28.4. The number of hydrogen-bond donors (Lipinski definition) is 1. The van der Waals surface area contributed by atoms with E-state index in [-0.39, 0.29) is 0 Å². The molecule has 0 bridgehead atoms. The van der Waals surface area contributed by atoms with Gasteiger partial charge in [0.1, 0.15) is 0 Å². The van der Waals surface area contributed by atoms with Crippen molar-refractivity contribution in [3.63, 3.8) is 0 Å². The molecule has 0 aromatic heterocycles. The van der Waals surface area contributed by atoms with Gasteiger partial charge in [-0.3, -0.25) is 4.79 Å². The lowest BCUT2D eigenvalue weighted by molar-refractivity contribution is -0.144. The summed E-state index contributed by atoms with van der Waals surface area (Å²) in [6.45, 7) is 5.29. The second kappa shape index (κ2) is 5.99. The third kappa shape index (κ3) is 2.99. The molecule has 0 spiro atoms. The second-order valence-electron chi connectivity index (χ2n) is 6.05. The molecule has 3 atom stereocenters. The van der Waals surface area contributed by atoms with Crippen LogP contribution in [0.3, 0.4) is 0 Å². The van der Waals surface area contributed by atoms with E-state index in [2.05, 4.69) is 6.92 Å². The molecule has 0 aliphatic carbocycles. The van der Waals surface area contributed by atoms with E-state index < -0.39 is 28.1 Å². The summed E-state index contributed by atoms with van der Waals surface area (Å²) in [5, 5.41) is 9.21. The Labute approximate surface area is 120 Å². The minimum Gasteiger partial charge on any atom is -0.481 e. The van der Waals surface area contributed by atoms with E-state index in [1.165, 1.54) is 8.61 Å². The third-order valence-corrected chi connectivity index (χ3v) is 6.58. The molecule has 1 N–H and O–H groups in total. The standard InChI is InChI=1S/C13H24N2O4S/c1-10-5-3-7-14(9-10)20(18,19)15-8-4-6-12(11(15)2)13(16)17/h10-12H,3-9H2,1-2H3,(H,16,17)/t10?,11-,12-/m0/s1. The Hall–Kier alpha value is -0.660. The predicted molar refractivity (Wildman–Crippen MR) is 75.4 cm³/mol. The number of carboxylic acid groups (broad SMARTS) is 1. The molecule has 2 fully saturated rings. The molecule has 2 aliphatic rings. The Morgan fingerprint density at radius 1 is 1.15 bits per heavy atom. The molecule has 0 aromatic rings. The van der Waals surface area contributed by atoms with Crippen molar-refractivity contribution in [3.8, 4) is 0 Å². The second-order valence-corrected chi connectivity index (χ2v) is 7.93. The number of nitrogens with zero attached hydrogens (tertiary/aromatic N) is 2. The maximum atomic E-state index is 12.7. The molecule has 6 nitrogen and oxygen atoms in total. The predicted octanol–water partition coefficient (Wildman–Crippen LogP) is 1.15. The molecule has 1 unspecified atom stereocenters. The molecule has 0 amide bonds. The van der Waals surface area contributed by atoms with Gasteiger partial charge in [-0.2, -0.15) is 17.0 Å². The van der Waals surface area contributed by atoms with Gasteiger partial charge in [0.25, 0.3) is 10.2 Å². The summed E-state index contributed by atoms with van der Waals surface area (Å²) in [5.74, 6) is -1.13. The van der Waals surface area contributed by atoms with Gasteiger partial charge in [0.2, 0.25) is 0 Å². The highest BCUT2D eigenvalue weighted by atomic mass is 32.2. The smallest absolute Gasteiger partial charge is 0.308 e. The van der Waals surface area contributed by atoms with Crippen LogP contribution < -0.4 is 0 Å². The molecule has 116 valence electrons. The van der Waals surface area contributed by atoms with Crippen LogP contribution in [0.5, 0.6) is 0 Å². The van der Waals surface area contributed by atoms with Gasteiger partial charge >= 0.3 is 5.97 Å². The molecule has 0 aromatic carbocycles.